The molecule has 5 aliphatic rings. The molecule has 3 fully saturated rings. The van der Waals surface area contributed by atoms with E-state index in [1.54, 1.807) is 41.4 Å². The highest BCUT2D eigenvalue weighted by molar-refractivity contribution is 7.47. The van der Waals surface area contributed by atoms with Gasteiger partial charge in [0.2, 0.25) is 17.7 Å². The van der Waals surface area contributed by atoms with E-state index in [4.69, 9.17) is 32.3 Å². The Morgan fingerprint density at radius 3 is 2.22 bits per heavy atom. The maximum atomic E-state index is 16.6. The molecule has 0 spiro atoms. The molecular weight excluding hydrogens is 1310 g/mol. The molecule has 5 N–H and O–H groups in total. The maximum Gasteiger partial charge on any atom is 0.472 e. The Hall–Kier alpha value is -8.40. The third-order valence-corrected chi connectivity index (χ3v) is 19.4. The lowest BCUT2D eigenvalue weighted by atomic mass is 9.93. The van der Waals surface area contributed by atoms with Crippen LogP contribution in [-0.2, 0) is 103 Å². The number of carbonyl (C=O) groups excluding carboxylic acids is 6. The number of aromatic nitrogens is 7. The van der Waals surface area contributed by atoms with E-state index in [1.807, 2.05) is 48.5 Å². The van der Waals surface area contributed by atoms with Crippen LogP contribution in [0, 0.1) is 17.8 Å². The molecule has 8 heterocycles. The number of phosphoric ester groups is 2. The second-order valence-electron chi connectivity index (χ2n) is 24.1. The van der Waals surface area contributed by atoms with Crippen LogP contribution in [0.15, 0.2) is 109 Å². The normalized spacial score (nSPS) is 24.9. The number of imidazole rings is 1. The molecule has 4 aromatic heterocycles. The second kappa shape index (κ2) is 30.2. The summed E-state index contributed by atoms with van der Waals surface area (Å²) in [7, 11) is -10.5. The molecule has 3 saturated heterocycles. The summed E-state index contributed by atoms with van der Waals surface area (Å²) in [6.07, 6.45) is -6.56. The van der Waals surface area contributed by atoms with E-state index in [1.165, 1.54) is 10.9 Å². The molecule has 3 aromatic carbocycles. The summed E-state index contributed by atoms with van der Waals surface area (Å²) < 4.78 is 86.7. The number of nitrogens with zero attached hydrogens (tertiary/aromatic N) is 8. The van der Waals surface area contributed by atoms with Crippen molar-refractivity contribution in [2.45, 2.75) is 133 Å². The second-order valence-corrected chi connectivity index (χ2v) is 26.9. The van der Waals surface area contributed by atoms with Crippen molar-refractivity contribution in [3.8, 4) is 11.8 Å². The number of para-hydroxylation sites is 1. The SMILES string of the molecule is O=C(CCC(=O)NCC(=O)C[C@@H](Cc1ccccc1)C(=O)NCC(=O)CCOCCn1cnc2c(ncn2[C@@H]2O[C@@H]3COP(=O)(O)O[C@H]4[C@@H](F)[C@H](n5cc6c7c(ncnc75)CCCC6)O[C@@H]4COP(=O)(O)O[C@@H]2[C@@H]3O)c1=O)CCC(=O)N1Cc2ccccc2C#Cc2ccccc21. The fraction of sp³-hybridized carbons (Fsp3) is 0.431. The largest absolute Gasteiger partial charge is 0.472 e. The number of amides is 3. The van der Waals surface area contributed by atoms with Crippen LogP contribution >= 0.6 is 15.6 Å². The quantitative estimate of drug-likeness (QED) is 0.0333. The Morgan fingerprint density at radius 2 is 1.40 bits per heavy atom. The van der Waals surface area contributed by atoms with Crippen molar-refractivity contribution >= 4 is 78.6 Å². The van der Waals surface area contributed by atoms with Gasteiger partial charge in [-0.05, 0) is 67.0 Å². The fourth-order valence-electron chi connectivity index (χ4n) is 12.4. The lowest BCUT2D eigenvalue weighted by Crippen LogP contribution is -2.38. The van der Waals surface area contributed by atoms with Gasteiger partial charge in [0.05, 0.1) is 70.3 Å². The molecule has 97 heavy (non-hydrogen) atoms. The van der Waals surface area contributed by atoms with Gasteiger partial charge < -0.3 is 49.2 Å². The van der Waals surface area contributed by atoms with Gasteiger partial charge in [0, 0.05) is 67.2 Å². The van der Waals surface area contributed by atoms with Crippen molar-refractivity contribution < 1.29 is 89.5 Å². The van der Waals surface area contributed by atoms with Crippen molar-refractivity contribution in [2.75, 3.05) is 44.4 Å². The number of Topliss-reactive ketones (excluding diaryl/α,β-unsaturated/α-hetero) is 3. The first-order valence-electron chi connectivity index (χ1n) is 31.7. The fourth-order valence-corrected chi connectivity index (χ4v) is 14.3. The van der Waals surface area contributed by atoms with Crippen LogP contribution in [0.4, 0.5) is 10.1 Å². The number of carbonyl (C=O) groups is 6. The summed E-state index contributed by atoms with van der Waals surface area (Å²) in [6.45, 7) is -2.63. The van der Waals surface area contributed by atoms with E-state index in [-0.39, 0.29) is 94.1 Å². The minimum atomic E-state index is -5.28. The van der Waals surface area contributed by atoms with Gasteiger partial charge in [0.25, 0.3) is 5.56 Å². The maximum absolute atomic E-state index is 16.6. The number of ether oxygens (including phenoxy) is 3. The molecule has 32 heteroatoms. The zero-order valence-corrected chi connectivity index (χ0v) is 54.0. The number of anilines is 1. The molecule has 0 radical (unpaired) electrons. The number of hydrogen-bond donors (Lipinski definition) is 5. The van der Waals surface area contributed by atoms with Gasteiger partial charge in [-0.2, -0.15) is 0 Å². The lowest BCUT2D eigenvalue weighted by molar-refractivity contribution is -0.131. The molecule has 12 rings (SSSR count). The highest BCUT2D eigenvalue weighted by Crippen LogP contribution is 2.54. The molecule has 11 atom stereocenters. The smallest absolute Gasteiger partial charge is 0.387 e. The van der Waals surface area contributed by atoms with Crippen LogP contribution in [0.1, 0.15) is 97.3 Å². The summed E-state index contributed by atoms with van der Waals surface area (Å²) >= 11 is 0. The van der Waals surface area contributed by atoms with E-state index in [9.17, 15) is 57.6 Å². The van der Waals surface area contributed by atoms with Gasteiger partial charge >= 0.3 is 15.6 Å². The minimum Gasteiger partial charge on any atom is -0.387 e. The van der Waals surface area contributed by atoms with Gasteiger partial charge in [-0.1, -0.05) is 72.5 Å². The highest BCUT2D eigenvalue weighted by atomic mass is 31.2. The molecule has 1 aliphatic carbocycles. The molecule has 510 valence electrons. The van der Waals surface area contributed by atoms with Gasteiger partial charge in [-0.25, -0.2) is 33.5 Å². The van der Waals surface area contributed by atoms with Crippen LogP contribution in [0.25, 0.3) is 22.2 Å². The van der Waals surface area contributed by atoms with E-state index in [2.05, 4.69) is 42.4 Å². The number of ketones is 3. The number of benzene rings is 3. The van der Waals surface area contributed by atoms with Crippen molar-refractivity contribution in [1.29, 1.82) is 0 Å². The van der Waals surface area contributed by atoms with Gasteiger partial charge in [0.1, 0.15) is 54.6 Å². The van der Waals surface area contributed by atoms with E-state index in [0.717, 1.165) is 68.0 Å². The van der Waals surface area contributed by atoms with Crippen LogP contribution in [-0.4, -0.2) is 160 Å². The zero-order valence-electron chi connectivity index (χ0n) is 52.2. The van der Waals surface area contributed by atoms with Crippen LogP contribution in [0.2, 0.25) is 0 Å². The average molecular weight is 1380 g/mol. The third kappa shape index (κ3) is 16.1. The number of hydrogen-bond acceptors (Lipinski definition) is 21. The average Bonchev–Trinajstić information content (AvgIpc) is 1.64. The van der Waals surface area contributed by atoms with E-state index >= 15 is 4.39 Å². The number of fused-ring (bicyclic) bond motifs is 6. The number of alkyl halides is 1. The van der Waals surface area contributed by atoms with Crippen molar-refractivity contribution in [3.05, 3.63) is 148 Å². The summed E-state index contributed by atoms with van der Waals surface area (Å²) in [6, 6.07) is 23.8. The van der Waals surface area contributed by atoms with E-state index < -0.39 is 126 Å². The van der Waals surface area contributed by atoms with Crippen LogP contribution in [0.5, 0.6) is 0 Å². The third-order valence-electron chi connectivity index (χ3n) is 17.4. The van der Waals surface area contributed by atoms with E-state index in [0.29, 0.717) is 29.7 Å². The molecule has 4 aliphatic heterocycles. The summed E-state index contributed by atoms with van der Waals surface area (Å²) in [4.78, 5) is 134. The predicted molar refractivity (Wildman–Crippen MR) is 339 cm³/mol. The topological polar surface area (TPSA) is 373 Å². The number of aliphatic hydroxyl groups is 1. The zero-order chi connectivity index (χ0) is 68.0. The minimum absolute atomic E-state index is 0.0795. The molecule has 0 saturated carbocycles. The molecule has 29 nitrogen and oxygen atoms in total. The number of phosphoric acid groups is 2. The molecule has 2 bridgehead atoms. The number of halogens is 1. The number of aryl methyl sites for hydroxylation is 2. The van der Waals surface area contributed by atoms with Gasteiger partial charge in [-0.3, -0.25) is 60.8 Å². The number of rotatable bonds is 23. The number of aliphatic hydroxyl groups excluding tert-OH is 1. The standard InChI is InChI=1S/C65H69FN10O19P2/c66-55-58-51(93-64(55)75-33-43-15-6-8-16-48-54(43)60(75)70-36-69-48)35-91-97(87,88)95-59-57(82)50(34-90-96(85,86)94-58)92-65(59)76-38-71-56-61(76)72-37-73(63(56)84)25-27-89-26-24-46(78)30-68-62(83)44(28-39-10-2-1-3-11-39)29-47(79)31-67-52(80)22-20-45(77)21-23-53(81)74-32-42-14-5-4-12-40(42)18-19-41-13-7-9-17-49(41)74/h1-5,7,9-14,17,33,36-38,44,50-51,55,57-59,64-65,82H,6,8,15-16,20-32,34-35H2,(H,67,80)(H,68,83)(H,85,86)(H,87,88)/t44-,50-,51-,55-,57-,58-,59-,64-,65-/m1/s1. The van der Waals surface area contributed by atoms with Gasteiger partial charge in [-0.15, -0.1) is 0 Å². The predicted octanol–water partition coefficient (Wildman–Crippen LogP) is 4.53. The molecule has 7 aromatic rings. The summed E-state index contributed by atoms with van der Waals surface area (Å²) in [5.41, 5.74) is 4.68. The van der Waals surface area contributed by atoms with Crippen molar-refractivity contribution in [1.82, 2.24) is 44.3 Å². The molecular formula is C65H69FN10O19P2. The summed E-state index contributed by atoms with van der Waals surface area (Å²) in [5.74, 6) is 2.82. The Balaban J connectivity index is 0.593. The monoisotopic (exact) mass is 1370 g/mol. The van der Waals surface area contributed by atoms with Crippen LogP contribution in [0.3, 0.4) is 0 Å². The highest BCUT2D eigenvalue weighted by Gasteiger charge is 2.55. The molecule has 2 unspecified atom stereocenters. The molecule has 3 amide bonds. The van der Waals surface area contributed by atoms with Gasteiger partial charge in [0.15, 0.2) is 41.4 Å². The number of nitrogens with one attached hydrogen (secondary N) is 2. The Kier molecular flexibility index (Phi) is 21.3. The van der Waals surface area contributed by atoms with Crippen LogP contribution < -0.4 is 21.1 Å². The first-order valence-corrected chi connectivity index (χ1v) is 34.7. The Bertz CT molecular complexity index is 4370. The Morgan fingerprint density at radius 1 is 0.701 bits per heavy atom. The first kappa shape index (κ1) is 68.5. The van der Waals surface area contributed by atoms with Crippen molar-refractivity contribution in [3.63, 3.8) is 0 Å². The summed E-state index contributed by atoms with van der Waals surface area (Å²) in [5, 5.41) is 17.3. The van der Waals surface area contributed by atoms with Crippen molar-refractivity contribution in [2.24, 2.45) is 5.92 Å². The Labute approximate surface area is 553 Å². The first-order chi connectivity index (χ1) is 46.8. The lowest BCUT2D eigenvalue weighted by Gasteiger charge is -2.26.